The molecule has 3 aromatic carbocycles. The van der Waals surface area contributed by atoms with E-state index in [1.807, 2.05) is 0 Å². The Labute approximate surface area is 190 Å². The van der Waals surface area contributed by atoms with Crippen molar-refractivity contribution < 1.29 is 19.4 Å². The lowest BCUT2D eigenvalue weighted by Gasteiger charge is -2.10. The molecule has 0 aliphatic heterocycles. The van der Waals surface area contributed by atoms with Gasteiger partial charge in [-0.1, -0.05) is 29.3 Å². The fourth-order valence-corrected chi connectivity index (χ4v) is 3.22. The molecule has 0 heterocycles. The Morgan fingerprint density at radius 3 is 1.91 bits per heavy atom. The third kappa shape index (κ3) is 5.17. The normalized spacial score (nSPS) is 10.3. The molecule has 0 aliphatic rings. The highest BCUT2D eigenvalue weighted by Gasteiger charge is 2.24. The third-order valence-electron chi connectivity index (χ3n) is 4.19. The molecule has 0 bridgehead atoms. The number of carbonyl (C=O) groups is 2. The summed E-state index contributed by atoms with van der Waals surface area (Å²) in [7, 11) is 0. The lowest BCUT2D eigenvalue weighted by atomic mass is 10.1. The van der Waals surface area contributed by atoms with E-state index in [0.29, 0.717) is 16.8 Å². The SMILES string of the molecule is O=C(Nc1cccc(NC(=O)c2ccc([N+](=O)[O-])cc2[N+](=O)[O-])c1)c1ccc(Cl)cc1Cl. The Hall–Kier alpha value is -4.02. The first-order valence-electron chi connectivity index (χ1n) is 8.76. The predicted molar refractivity (Wildman–Crippen MR) is 119 cm³/mol. The Morgan fingerprint density at radius 1 is 0.750 bits per heavy atom. The van der Waals surface area contributed by atoms with Crippen LogP contribution in [-0.2, 0) is 0 Å². The van der Waals surface area contributed by atoms with Gasteiger partial charge in [0.15, 0.2) is 0 Å². The molecule has 3 aromatic rings. The fourth-order valence-electron chi connectivity index (χ4n) is 2.72. The molecule has 32 heavy (non-hydrogen) atoms. The summed E-state index contributed by atoms with van der Waals surface area (Å²) >= 11 is 11.9. The Balaban J connectivity index is 1.80. The molecule has 0 aromatic heterocycles. The van der Waals surface area contributed by atoms with Crippen LogP contribution in [0.4, 0.5) is 22.7 Å². The molecule has 12 heteroatoms. The van der Waals surface area contributed by atoms with Crippen molar-refractivity contribution in [1.82, 2.24) is 0 Å². The van der Waals surface area contributed by atoms with Crippen LogP contribution in [0, 0.1) is 20.2 Å². The summed E-state index contributed by atoms with van der Waals surface area (Å²) < 4.78 is 0. The minimum atomic E-state index is -0.881. The summed E-state index contributed by atoms with van der Waals surface area (Å²) in [5.74, 6) is -1.36. The van der Waals surface area contributed by atoms with Crippen molar-refractivity contribution in [3.8, 4) is 0 Å². The van der Waals surface area contributed by atoms with Crippen LogP contribution in [0.15, 0.2) is 60.7 Å². The zero-order chi connectivity index (χ0) is 23.4. The van der Waals surface area contributed by atoms with Gasteiger partial charge in [0.2, 0.25) is 0 Å². The van der Waals surface area contributed by atoms with Crippen LogP contribution in [0.5, 0.6) is 0 Å². The highest BCUT2D eigenvalue weighted by atomic mass is 35.5. The van der Waals surface area contributed by atoms with Crippen LogP contribution in [0.25, 0.3) is 0 Å². The number of nitrogens with zero attached hydrogens (tertiary/aromatic N) is 2. The molecule has 3 rings (SSSR count). The van der Waals surface area contributed by atoms with Gasteiger partial charge in [0.1, 0.15) is 5.56 Å². The fraction of sp³-hybridized carbons (Fsp3) is 0. The maximum absolute atomic E-state index is 12.5. The average molecular weight is 475 g/mol. The van der Waals surface area contributed by atoms with E-state index >= 15 is 0 Å². The summed E-state index contributed by atoms with van der Waals surface area (Å²) in [6.45, 7) is 0. The molecule has 2 N–H and O–H groups in total. The molecule has 0 saturated heterocycles. The van der Waals surface area contributed by atoms with Gasteiger partial charge in [-0.05, 0) is 42.5 Å². The maximum Gasteiger partial charge on any atom is 0.289 e. The number of rotatable bonds is 6. The number of hydrogen-bond acceptors (Lipinski definition) is 6. The largest absolute Gasteiger partial charge is 0.322 e. The van der Waals surface area contributed by atoms with Gasteiger partial charge in [0, 0.05) is 22.5 Å². The van der Waals surface area contributed by atoms with Crippen LogP contribution >= 0.6 is 23.2 Å². The molecular weight excluding hydrogens is 463 g/mol. The molecule has 0 spiro atoms. The van der Waals surface area contributed by atoms with Crippen molar-refractivity contribution in [3.63, 3.8) is 0 Å². The molecule has 0 aliphatic carbocycles. The standard InChI is InChI=1S/C20H12Cl2N4O6/c21-11-4-6-15(17(22)8-11)19(27)23-12-2-1-3-13(9-12)24-20(28)16-7-5-14(25(29)30)10-18(16)26(31)32/h1-10H,(H,23,27)(H,24,28). The number of nitrogens with one attached hydrogen (secondary N) is 2. The maximum atomic E-state index is 12.5. The molecule has 10 nitrogen and oxygen atoms in total. The second kappa shape index (κ2) is 9.41. The van der Waals surface area contributed by atoms with E-state index in [0.717, 1.165) is 12.1 Å². The van der Waals surface area contributed by atoms with E-state index in [1.54, 1.807) is 12.1 Å². The van der Waals surface area contributed by atoms with E-state index in [4.69, 9.17) is 23.2 Å². The molecule has 0 fully saturated rings. The number of halogens is 2. The van der Waals surface area contributed by atoms with Crippen LogP contribution in [0.3, 0.4) is 0 Å². The smallest absolute Gasteiger partial charge is 0.289 e. The van der Waals surface area contributed by atoms with Crippen LogP contribution in [0.1, 0.15) is 20.7 Å². The number of carbonyl (C=O) groups excluding carboxylic acids is 2. The van der Waals surface area contributed by atoms with Crippen molar-refractivity contribution in [2.24, 2.45) is 0 Å². The molecule has 0 saturated carbocycles. The molecule has 0 unspecified atom stereocenters. The molecule has 162 valence electrons. The Morgan fingerprint density at radius 2 is 1.34 bits per heavy atom. The van der Waals surface area contributed by atoms with Gasteiger partial charge in [0.25, 0.3) is 23.2 Å². The molecule has 0 atom stereocenters. The van der Waals surface area contributed by atoms with E-state index in [9.17, 15) is 29.8 Å². The first kappa shape index (κ1) is 22.7. The number of non-ortho nitro benzene ring substituents is 1. The predicted octanol–water partition coefficient (Wildman–Crippen LogP) is 5.31. The monoisotopic (exact) mass is 474 g/mol. The van der Waals surface area contributed by atoms with Gasteiger partial charge < -0.3 is 10.6 Å². The van der Waals surface area contributed by atoms with Crippen molar-refractivity contribution in [1.29, 1.82) is 0 Å². The van der Waals surface area contributed by atoms with Crippen LogP contribution in [-0.4, -0.2) is 21.7 Å². The van der Waals surface area contributed by atoms with Gasteiger partial charge in [-0.3, -0.25) is 29.8 Å². The molecule has 2 amide bonds. The van der Waals surface area contributed by atoms with Crippen molar-refractivity contribution in [2.45, 2.75) is 0 Å². The summed E-state index contributed by atoms with van der Waals surface area (Å²) in [6.07, 6.45) is 0. The Kier molecular flexibility index (Phi) is 6.67. The van der Waals surface area contributed by atoms with Crippen LogP contribution < -0.4 is 10.6 Å². The number of amides is 2. The summed E-state index contributed by atoms with van der Waals surface area (Å²) in [4.78, 5) is 45.4. The van der Waals surface area contributed by atoms with Gasteiger partial charge in [-0.25, -0.2) is 0 Å². The Bertz CT molecular complexity index is 1260. The summed E-state index contributed by atoms with van der Waals surface area (Å²) in [5.41, 5.74) is -0.855. The number of anilines is 2. The summed E-state index contributed by atoms with van der Waals surface area (Å²) in [6, 6.07) is 13.1. The minimum absolute atomic E-state index is 0.157. The zero-order valence-corrected chi connectivity index (χ0v) is 17.4. The topological polar surface area (TPSA) is 144 Å². The van der Waals surface area contributed by atoms with Crippen molar-refractivity contribution in [3.05, 3.63) is 102 Å². The van der Waals surface area contributed by atoms with E-state index in [-0.39, 0.29) is 21.8 Å². The number of nitro benzene ring substituents is 2. The lowest BCUT2D eigenvalue weighted by molar-refractivity contribution is -0.394. The second-order valence-corrected chi connectivity index (χ2v) is 7.17. The number of hydrogen-bond donors (Lipinski definition) is 2. The van der Waals surface area contributed by atoms with Crippen LogP contribution in [0.2, 0.25) is 10.0 Å². The highest BCUT2D eigenvalue weighted by Crippen LogP contribution is 2.26. The average Bonchev–Trinajstić information content (AvgIpc) is 2.73. The second-order valence-electron chi connectivity index (χ2n) is 6.33. The van der Waals surface area contributed by atoms with E-state index < -0.39 is 33.0 Å². The van der Waals surface area contributed by atoms with E-state index in [1.165, 1.54) is 30.3 Å². The number of benzene rings is 3. The molecule has 0 radical (unpaired) electrons. The van der Waals surface area contributed by atoms with Crippen molar-refractivity contribution >= 4 is 57.8 Å². The first-order chi connectivity index (χ1) is 15.2. The first-order valence-corrected chi connectivity index (χ1v) is 9.52. The molecular formula is C20H12Cl2N4O6. The highest BCUT2D eigenvalue weighted by molar-refractivity contribution is 6.37. The zero-order valence-electron chi connectivity index (χ0n) is 15.9. The van der Waals surface area contributed by atoms with Gasteiger partial charge in [-0.15, -0.1) is 0 Å². The minimum Gasteiger partial charge on any atom is -0.322 e. The van der Waals surface area contributed by atoms with E-state index in [2.05, 4.69) is 10.6 Å². The van der Waals surface area contributed by atoms with Gasteiger partial charge >= 0.3 is 0 Å². The number of nitro groups is 2. The van der Waals surface area contributed by atoms with Gasteiger partial charge in [0.05, 0.1) is 26.5 Å². The summed E-state index contributed by atoms with van der Waals surface area (Å²) in [5, 5.41) is 27.7. The van der Waals surface area contributed by atoms with Gasteiger partial charge in [-0.2, -0.15) is 0 Å². The quantitative estimate of drug-likeness (QED) is 0.365. The lowest BCUT2D eigenvalue weighted by Crippen LogP contribution is -2.15. The third-order valence-corrected chi connectivity index (χ3v) is 4.74. The van der Waals surface area contributed by atoms with Crippen molar-refractivity contribution in [2.75, 3.05) is 10.6 Å².